The van der Waals surface area contributed by atoms with Crippen LogP contribution in [-0.2, 0) is 6.42 Å². The predicted molar refractivity (Wildman–Crippen MR) is 93.5 cm³/mol. The van der Waals surface area contributed by atoms with Gasteiger partial charge in [-0.1, -0.05) is 55.4 Å². The van der Waals surface area contributed by atoms with Crippen molar-refractivity contribution in [1.82, 2.24) is 0 Å². The highest BCUT2D eigenvalue weighted by Gasteiger charge is 2.10. The smallest absolute Gasteiger partial charge is 0.0449 e. The van der Waals surface area contributed by atoms with Gasteiger partial charge >= 0.3 is 0 Å². The van der Waals surface area contributed by atoms with Crippen molar-refractivity contribution in [2.24, 2.45) is 5.73 Å². The molecule has 0 bridgehead atoms. The highest BCUT2D eigenvalue weighted by atomic mass is 35.5. The molecule has 0 saturated carbocycles. The molecule has 0 heterocycles. The second kappa shape index (κ2) is 7.35. The molecule has 112 valence electrons. The van der Waals surface area contributed by atoms with E-state index in [1.807, 2.05) is 19.1 Å². The van der Waals surface area contributed by atoms with Crippen LogP contribution in [0.3, 0.4) is 0 Å². The molecule has 1 unspecified atom stereocenters. The molecule has 2 aromatic carbocycles. The molecule has 0 spiro atoms. The first-order valence-corrected chi connectivity index (χ1v) is 8.47. The zero-order valence-electron chi connectivity index (χ0n) is 12.8. The lowest BCUT2D eigenvalue weighted by molar-refractivity contribution is 0.729. The minimum absolute atomic E-state index is 0.104. The highest BCUT2D eigenvalue weighted by molar-refractivity contribution is 7.99. The summed E-state index contributed by atoms with van der Waals surface area (Å²) in [4.78, 5) is 2.42. The number of benzene rings is 2. The van der Waals surface area contributed by atoms with E-state index in [9.17, 15) is 0 Å². The Balaban J connectivity index is 2.24. The van der Waals surface area contributed by atoms with Gasteiger partial charge in [-0.05, 0) is 54.7 Å². The SMILES string of the molecule is CC(N)Cc1c(Cl)cccc1Sc1ccc(C(C)C)cc1. The summed E-state index contributed by atoms with van der Waals surface area (Å²) < 4.78 is 0. The molecule has 21 heavy (non-hydrogen) atoms. The van der Waals surface area contributed by atoms with Crippen molar-refractivity contribution in [3.8, 4) is 0 Å². The molecule has 1 nitrogen and oxygen atoms in total. The molecule has 0 radical (unpaired) electrons. The van der Waals surface area contributed by atoms with Crippen molar-refractivity contribution in [2.45, 2.75) is 48.9 Å². The lowest BCUT2D eigenvalue weighted by atomic mass is 10.0. The van der Waals surface area contributed by atoms with Gasteiger partial charge in [0.15, 0.2) is 0 Å². The fourth-order valence-corrected chi connectivity index (χ4v) is 3.50. The van der Waals surface area contributed by atoms with E-state index in [1.165, 1.54) is 15.4 Å². The molecule has 0 amide bonds. The van der Waals surface area contributed by atoms with Crippen molar-refractivity contribution in [2.75, 3.05) is 0 Å². The molecule has 0 aromatic heterocycles. The molecule has 1 atom stereocenters. The van der Waals surface area contributed by atoms with Crippen LogP contribution in [0.15, 0.2) is 52.3 Å². The van der Waals surface area contributed by atoms with Crippen molar-refractivity contribution < 1.29 is 0 Å². The van der Waals surface area contributed by atoms with Crippen LogP contribution in [0.4, 0.5) is 0 Å². The van der Waals surface area contributed by atoms with E-state index in [1.54, 1.807) is 11.8 Å². The Labute approximate surface area is 136 Å². The monoisotopic (exact) mass is 319 g/mol. The van der Waals surface area contributed by atoms with Gasteiger partial charge in [-0.25, -0.2) is 0 Å². The zero-order valence-corrected chi connectivity index (χ0v) is 14.3. The summed E-state index contributed by atoms with van der Waals surface area (Å²) in [6.45, 7) is 6.43. The first kappa shape index (κ1) is 16.4. The largest absolute Gasteiger partial charge is 0.328 e. The summed E-state index contributed by atoms with van der Waals surface area (Å²) in [7, 11) is 0. The Morgan fingerprint density at radius 3 is 2.29 bits per heavy atom. The first-order chi connectivity index (χ1) is 9.97. The summed E-state index contributed by atoms with van der Waals surface area (Å²) in [5.41, 5.74) is 8.45. The average Bonchev–Trinajstić information content (AvgIpc) is 2.43. The predicted octanol–water partition coefficient (Wildman–Crippen LogP) is 5.50. The third kappa shape index (κ3) is 4.50. The molecule has 0 aliphatic heterocycles. The summed E-state index contributed by atoms with van der Waals surface area (Å²) in [5, 5.41) is 0.802. The van der Waals surface area contributed by atoms with E-state index in [2.05, 4.69) is 44.2 Å². The Bertz CT molecular complexity index is 591. The van der Waals surface area contributed by atoms with Crippen LogP contribution >= 0.6 is 23.4 Å². The van der Waals surface area contributed by atoms with Crippen LogP contribution in [0, 0.1) is 0 Å². The minimum atomic E-state index is 0.104. The van der Waals surface area contributed by atoms with Crippen LogP contribution in [-0.4, -0.2) is 6.04 Å². The summed E-state index contributed by atoms with van der Waals surface area (Å²) in [6.07, 6.45) is 0.798. The van der Waals surface area contributed by atoms with Crippen molar-refractivity contribution in [3.63, 3.8) is 0 Å². The van der Waals surface area contributed by atoms with Gasteiger partial charge in [0, 0.05) is 20.9 Å². The Morgan fingerprint density at radius 2 is 1.71 bits per heavy atom. The third-order valence-corrected chi connectivity index (χ3v) is 4.84. The van der Waals surface area contributed by atoms with Gasteiger partial charge in [0.2, 0.25) is 0 Å². The van der Waals surface area contributed by atoms with Gasteiger partial charge in [0.25, 0.3) is 0 Å². The Morgan fingerprint density at radius 1 is 1.05 bits per heavy atom. The van der Waals surface area contributed by atoms with Gasteiger partial charge in [-0.3, -0.25) is 0 Å². The van der Waals surface area contributed by atoms with Crippen molar-refractivity contribution in [3.05, 3.63) is 58.6 Å². The molecule has 0 saturated heterocycles. The van der Waals surface area contributed by atoms with Crippen molar-refractivity contribution in [1.29, 1.82) is 0 Å². The van der Waals surface area contributed by atoms with Crippen LogP contribution in [0.25, 0.3) is 0 Å². The van der Waals surface area contributed by atoms with Gasteiger partial charge in [-0.15, -0.1) is 0 Å². The van der Waals surface area contributed by atoms with Gasteiger partial charge < -0.3 is 5.73 Å². The lowest BCUT2D eigenvalue weighted by Crippen LogP contribution is -2.18. The third-order valence-electron chi connectivity index (χ3n) is 3.38. The van der Waals surface area contributed by atoms with Gasteiger partial charge in [0.05, 0.1) is 0 Å². The average molecular weight is 320 g/mol. The number of hydrogen-bond acceptors (Lipinski definition) is 2. The molecular weight excluding hydrogens is 298 g/mol. The molecule has 0 fully saturated rings. The second-order valence-electron chi connectivity index (χ2n) is 5.72. The molecule has 2 aromatic rings. The van der Waals surface area contributed by atoms with Crippen LogP contribution in [0.5, 0.6) is 0 Å². The van der Waals surface area contributed by atoms with Crippen LogP contribution in [0.1, 0.15) is 37.8 Å². The number of hydrogen-bond donors (Lipinski definition) is 1. The Kier molecular flexibility index (Phi) is 5.74. The molecule has 0 aliphatic carbocycles. The standard InChI is InChI=1S/C18H22ClNS/c1-12(2)14-7-9-15(10-8-14)21-18-6-4-5-17(19)16(18)11-13(3)20/h4-10,12-13H,11,20H2,1-3H3. The highest BCUT2D eigenvalue weighted by Crippen LogP contribution is 2.35. The molecular formula is C18H22ClNS. The van der Waals surface area contributed by atoms with E-state index < -0.39 is 0 Å². The maximum atomic E-state index is 6.34. The van der Waals surface area contributed by atoms with E-state index in [0.717, 1.165) is 17.0 Å². The summed E-state index contributed by atoms with van der Waals surface area (Å²) in [5.74, 6) is 0.559. The van der Waals surface area contributed by atoms with E-state index in [-0.39, 0.29) is 6.04 Å². The fourth-order valence-electron chi connectivity index (χ4n) is 2.20. The quantitative estimate of drug-likeness (QED) is 0.787. The number of halogens is 1. The van der Waals surface area contributed by atoms with Crippen LogP contribution in [0.2, 0.25) is 5.02 Å². The lowest BCUT2D eigenvalue weighted by Gasteiger charge is -2.13. The summed E-state index contributed by atoms with van der Waals surface area (Å²) >= 11 is 8.09. The normalized spacial score (nSPS) is 12.7. The maximum absolute atomic E-state index is 6.34. The van der Waals surface area contributed by atoms with Crippen molar-refractivity contribution >= 4 is 23.4 Å². The topological polar surface area (TPSA) is 26.0 Å². The van der Waals surface area contributed by atoms with Gasteiger partial charge in [-0.2, -0.15) is 0 Å². The number of nitrogens with two attached hydrogens (primary N) is 1. The second-order valence-corrected chi connectivity index (χ2v) is 7.25. The van der Waals surface area contributed by atoms with E-state index in [4.69, 9.17) is 17.3 Å². The number of rotatable bonds is 5. The molecule has 2 N–H and O–H groups in total. The fraction of sp³-hybridized carbons (Fsp3) is 0.333. The minimum Gasteiger partial charge on any atom is -0.328 e. The van der Waals surface area contributed by atoms with Crippen LogP contribution < -0.4 is 5.73 Å². The van der Waals surface area contributed by atoms with E-state index in [0.29, 0.717) is 5.92 Å². The summed E-state index contributed by atoms with van der Waals surface area (Å²) in [6, 6.07) is 14.9. The molecule has 3 heteroatoms. The zero-order chi connectivity index (χ0) is 15.4. The molecule has 2 rings (SSSR count). The molecule has 0 aliphatic rings. The first-order valence-electron chi connectivity index (χ1n) is 7.28. The van der Waals surface area contributed by atoms with Gasteiger partial charge in [0.1, 0.15) is 0 Å². The maximum Gasteiger partial charge on any atom is 0.0449 e. The Hall–Kier alpha value is -0.960. The van der Waals surface area contributed by atoms with E-state index >= 15 is 0 Å².